The lowest BCUT2D eigenvalue weighted by atomic mass is 10.1. The molecule has 3 aromatic rings. The Hall–Kier alpha value is -2.87. The van der Waals surface area contributed by atoms with Gasteiger partial charge >= 0.3 is 0 Å². The minimum absolute atomic E-state index is 0.214. The monoisotopic (exact) mass is 315 g/mol. The Bertz CT molecular complexity index is 934. The van der Waals surface area contributed by atoms with Crippen molar-refractivity contribution in [3.05, 3.63) is 57.0 Å². The van der Waals surface area contributed by atoms with Crippen molar-refractivity contribution in [1.82, 2.24) is 19.9 Å². The van der Waals surface area contributed by atoms with Gasteiger partial charge in [0.15, 0.2) is 5.65 Å². The van der Waals surface area contributed by atoms with Gasteiger partial charge in [-0.15, -0.1) is 0 Å². The Kier molecular flexibility index (Phi) is 3.75. The van der Waals surface area contributed by atoms with E-state index in [9.17, 15) is 9.59 Å². The van der Waals surface area contributed by atoms with Crippen molar-refractivity contribution in [3.63, 3.8) is 0 Å². The number of aromatic nitrogens is 3. The topological polar surface area (TPSA) is 118 Å². The Balaban J connectivity index is 1.83. The van der Waals surface area contributed by atoms with Crippen LogP contribution in [0.4, 0.5) is 0 Å². The Morgan fingerprint density at radius 2 is 2.22 bits per heavy atom. The highest BCUT2D eigenvalue weighted by Crippen LogP contribution is 2.13. The van der Waals surface area contributed by atoms with Crippen molar-refractivity contribution in [2.45, 2.75) is 26.9 Å². The number of aromatic amines is 1. The predicted octanol–water partition coefficient (Wildman–Crippen LogP) is 0.621. The normalized spacial score (nSPS) is 11.1. The lowest BCUT2D eigenvalue weighted by Crippen LogP contribution is -2.24. The fraction of sp³-hybridized carbons (Fsp3) is 0.267. The minimum Gasteiger partial charge on any atom is -0.467 e. The van der Waals surface area contributed by atoms with E-state index >= 15 is 0 Å². The van der Waals surface area contributed by atoms with E-state index < -0.39 is 0 Å². The molecule has 0 aliphatic rings. The Labute approximate surface area is 131 Å². The van der Waals surface area contributed by atoms with Crippen LogP contribution in [-0.4, -0.2) is 20.5 Å². The van der Waals surface area contributed by atoms with Crippen molar-refractivity contribution in [1.29, 1.82) is 0 Å². The summed E-state index contributed by atoms with van der Waals surface area (Å²) >= 11 is 0. The number of nitrogens with zero attached hydrogens (tertiary/aromatic N) is 2. The van der Waals surface area contributed by atoms with Gasteiger partial charge in [0.2, 0.25) is 0 Å². The first-order chi connectivity index (χ1) is 11.0. The molecule has 1 amide bonds. The average molecular weight is 315 g/mol. The number of hydrogen-bond donors (Lipinski definition) is 3. The molecule has 8 heteroatoms. The number of rotatable bonds is 4. The fourth-order valence-corrected chi connectivity index (χ4v) is 2.49. The first kappa shape index (κ1) is 15.0. The maximum Gasteiger partial charge on any atom is 0.266 e. The Morgan fingerprint density at radius 1 is 1.43 bits per heavy atom. The summed E-state index contributed by atoms with van der Waals surface area (Å²) in [6.07, 6.45) is 1.38. The van der Waals surface area contributed by atoms with E-state index in [0.717, 1.165) is 17.0 Å². The molecule has 8 nitrogen and oxygen atoms in total. The van der Waals surface area contributed by atoms with Crippen LogP contribution in [0.25, 0.3) is 5.65 Å². The van der Waals surface area contributed by atoms with E-state index in [1.807, 2.05) is 13.8 Å². The number of carbonyl (C=O) groups is 1. The molecule has 0 fully saturated rings. The van der Waals surface area contributed by atoms with Gasteiger partial charge in [-0.3, -0.25) is 14.7 Å². The third-order valence-electron chi connectivity index (χ3n) is 3.75. The van der Waals surface area contributed by atoms with E-state index in [4.69, 9.17) is 10.2 Å². The van der Waals surface area contributed by atoms with Crippen molar-refractivity contribution < 1.29 is 9.21 Å². The maximum atomic E-state index is 12.1. The summed E-state index contributed by atoms with van der Waals surface area (Å²) < 4.78 is 6.77. The molecule has 0 aliphatic heterocycles. The third kappa shape index (κ3) is 2.76. The van der Waals surface area contributed by atoms with Crippen LogP contribution >= 0.6 is 0 Å². The number of aryl methyl sites for hydroxylation is 2. The predicted molar refractivity (Wildman–Crippen MR) is 83.1 cm³/mol. The van der Waals surface area contributed by atoms with Gasteiger partial charge in [0, 0.05) is 29.6 Å². The number of hydrogen-bond acceptors (Lipinski definition) is 5. The van der Waals surface area contributed by atoms with Crippen LogP contribution in [-0.2, 0) is 13.1 Å². The van der Waals surface area contributed by atoms with E-state index in [2.05, 4.69) is 15.4 Å². The van der Waals surface area contributed by atoms with E-state index in [-0.39, 0.29) is 18.0 Å². The molecule has 0 bridgehead atoms. The first-order valence-electron chi connectivity index (χ1n) is 7.13. The van der Waals surface area contributed by atoms with Crippen LogP contribution in [0, 0.1) is 13.8 Å². The summed E-state index contributed by atoms with van der Waals surface area (Å²) in [4.78, 5) is 28.0. The molecular formula is C15H17N5O3. The molecule has 0 aliphatic carbocycles. The summed E-state index contributed by atoms with van der Waals surface area (Å²) in [6.45, 7) is 4.25. The second kappa shape index (κ2) is 5.73. The van der Waals surface area contributed by atoms with Crippen LogP contribution < -0.4 is 16.6 Å². The molecule has 23 heavy (non-hydrogen) atoms. The molecule has 4 N–H and O–H groups in total. The number of H-pyrrole nitrogens is 1. The van der Waals surface area contributed by atoms with Crippen LogP contribution in [0.15, 0.2) is 27.6 Å². The van der Waals surface area contributed by atoms with Gasteiger partial charge in [0.05, 0.1) is 12.1 Å². The number of nitrogens with two attached hydrogens (primary N) is 1. The summed E-state index contributed by atoms with van der Waals surface area (Å²) in [5, 5.41) is 5.50. The lowest BCUT2D eigenvalue weighted by molar-refractivity contribution is 0.0950. The number of nitrogens with one attached hydrogen (secondary N) is 2. The summed E-state index contributed by atoms with van der Waals surface area (Å²) in [5.74, 6) is 0.295. The quantitative estimate of drug-likeness (QED) is 0.652. The molecule has 0 spiro atoms. The van der Waals surface area contributed by atoms with E-state index in [0.29, 0.717) is 23.5 Å². The molecule has 0 saturated carbocycles. The number of amides is 1. The molecule has 0 radical (unpaired) electrons. The maximum absolute atomic E-state index is 12.1. The summed E-state index contributed by atoms with van der Waals surface area (Å²) in [7, 11) is 0. The van der Waals surface area contributed by atoms with Gasteiger partial charge in [-0.1, -0.05) is 0 Å². The zero-order chi connectivity index (χ0) is 16.6. The zero-order valence-corrected chi connectivity index (χ0v) is 12.8. The highest BCUT2D eigenvalue weighted by Gasteiger charge is 2.14. The molecule has 0 atom stereocenters. The van der Waals surface area contributed by atoms with E-state index in [1.54, 1.807) is 10.6 Å². The standard InChI is InChI=1S/C15H17N5O3/c1-8-12(9(2)20-13(18-8)4-14(21)19-20)6-17-15(22)10-3-11(5-16)23-7-10/h3-4,7H,5-6,16H2,1-2H3,(H,17,22)(H,19,21). The molecule has 0 aromatic carbocycles. The molecular weight excluding hydrogens is 298 g/mol. The average Bonchev–Trinajstić information content (AvgIpc) is 3.12. The number of furan rings is 1. The number of carbonyl (C=O) groups excluding carboxylic acids is 1. The number of fused-ring (bicyclic) bond motifs is 1. The SMILES string of the molecule is Cc1nc2cc(=O)[nH]n2c(C)c1CNC(=O)c1coc(CN)c1. The lowest BCUT2D eigenvalue weighted by Gasteiger charge is -2.12. The van der Waals surface area contributed by atoms with Crippen LogP contribution in [0.5, 0.6) is 0 Å². The van der Waals surface area contributed by atoms with Gasteiger partial charge in [-0.2, -0.15) is 0 Å². The fourth-order valence-electron chi connectivity index (χ4n) is 2.49. The van der Waals surface area contributed by atoms with Gasteiger partial charge in [0.25, 0.3) is 11.5 Å². The van der Waals surface area contributed by atoms with Crippen LogP contribution in [0.3, 0.4) is 0 Å². The van der Waals surface area contributed by atoms with E-state index in [1.165, 1.54) is 12.3 Å². The van der Waals surface area contributed by atoms with Crippen LogP contribution in [0.1, 0.15) is 33.1 Å². The van der Waals surface area contributed by atoms with Gasteiger partial charge < -0.3 is 15.5 Å². The van der Waals surface area contributed by atoms with Crippen molar-refractivity contribution >= 4 is 11.6 Å². The third-order valence-corrected chi connectivity index (χ3v) is 3.75. The van der Waals surface area contributed by atoms with Crippen molar-refractivity contribution in [2.24, 2.45) is 5.73 Å². The molecule has 3 heterocycles. The molecule has 120 valence electrons. The zero-order valence-electron chi connectivity index (χ0n) is 12.8. The molecule has 3 rings (SSSR count). The summed E-state index contributed by atoms with van der Waals surface area (Å²) in [5.41, 5.74) is 8.65. The molecule has 0 unspecified atom stereocenters. The van der Waals surface area contributed by atoms with Crippen molar-refractivity contribution in [3.8, 4) is 0 Å². The highest BCUT2D eigenvalue weighted by molar-refractivity contribution is 5.93. The Morgan fingerprint density at radius 3 is 2.91 bits per heavy atom. The smallest absolute Gasteiger partial charge is 0.266 e. The summed E-state index contributed by atoms with van der Waals surface area (Å²) in [6, 6.07) is 3.04. The first-order valence-corrected chi connectivity index (χ1v) is 7.13. The van der Waals surface area contributed by atoms with Crippen LogP contribution in [0.2, 0.25) is 0 Å². The largest absolute Gasteiger partial charge is 0.467 e. The van der Waals surface area contributed by atoms with Crippen molar-refractivity contribution in [2.75, 3.05) is 0 Å². The second-order valence-corrected chi connectivity index (χ2v) is 5.26. The highest BCUT2D eigenvalue weighted by atomic mass is 16.3. The molecule has 0 saturated heterocycles. The molecule has 3 aromatic heterocycles. The van der Waals surface area contributed by atoms with Gasteiger partial charge in [0.1, 0.15) is 12.0 Å². The van der Waals surface area contributed by atoms with Gasteiger partial charge in [-0.25, -0.2) is 9.50 Å². The van der Waals surface area contributed by atoms with Gasteiger partial charge in [-0.05, 0) is 19.9 Å². The minimum atomic E-state index is -0.256. The second-order valence-electron chi connectivity index (χ2n) is 5.26.